The number of rotatable bonds is 3. The van der Waals surface area contributed by atoms with E-state index in [4.69, 9.17) is 9.84 Å². The lowest BCUT2D eigenvalue weighted by Gasteiger charge is -2.12. The van der Waals surface area contributed by atoms with Crippen LogP contribution in [-0.4, -0.2) is 27.4 Å². The van der Waals surface area contributed by atoms with E-state index in [-0.39, 0.29) is 17.5 Å². The van der Waals surface area contributed by atoms with E-state index in [1.54, 1.807) is 13.8 Å². The molecular weight excluding hydrogens is 196 g/mol. The molecular formula is C10H14N2O3. The quantitative estimate of drug-likeness (QED) is 0.819. The molecule has 0 fully saturated rings. The fraction of sp³-hybridized carbons (Fsp3) is 0.500. The van der Waals surface area contributed by atoms with Gasteiger partial charge in [0.15, 0.2) is 0 Å². The molecule has 15 heavy (non-hydrogen) atoms. The maximum absolute atomic E-state index is 11.0. The molecule has 1 aromatic rings. The Kier molecular flexibility index (Phi) is 3.24. The Morgan fingerprint density at radius 2 is 1.93 bits per heavy atom. The van der Waals surface area contributed by atoms with Crippen LogP contribution in [0.5, 0.6) is 5.88 Å². The molecule has 82 valence electrons. The second kappa shape index (κ2) is 4.25. The van der Waals surface area contributed by atoms with Crippen molar-refractivity contribution in [2.24, 2.45) is 0 Å². The fourth-order valence-corrected chi connectivity index (χ4v) is 1.14. The molecule has 0 atom stereocenters. The van der Waals surface area contributed by atoms with Crippen LogP contribution in [0.1, 0.15) is 35.5 Å². The predicted molar refractivity (Wildman–Crippen MR) is 54.2 cm³/mol. The molecule has 1 rings (SSSR count). The van der Waals surface area contributed by atoms with Crippen LogP contribution >= 0.6 is 0 Å². The third-order valence-corrected chi connectivity index (χ3v) is 1.98. The van der Waals surface area contributed by atoms with Gasteiger partial charge >= 0.3 is 5.97 Å². The maximum Gasteiger partial charge on any atom is 0.341 e. The largest absolute Gasteiger partial charge is 0.477 e. The Morgan fingerprint density at radius 3 is 2.40 bits per heavy atom. The zero-order valence-corrected chi connectivity index (χ0v) is 9.24. The van der Waals surface area contributed by atoms with Crippen molar-refractivity contribution in [2.75, 3.05) is 0 Å². The lowest BCUT2D eigenvalue weighted by atomic mass is 10.1. The molecule has 0 aromatic carbocycles. The highest BCUT2D eigenvalue weighted by Crippen LogP contribution is 2.21. The molecule has 1 aromatic heterocycles. The minimum atomic E-state index is -1.04. The summed E-state index contributed by atoms with van der Waals surface area (Å²) < 4.78 is 5.29. The van der Waals surface area contributed by atoms with Gasteiger partial charge in [0, 0.05) is 0 Å². The Hall–Kier alpha value is -1.65. The summed E-state index contributed by atoms with van der Waals surface area (Å²) in [5, 5.41) is 16.6. The summed E-state index contributed by atoms with van der Waals surface area (Å²) >= 11 is 0. The molecule has 0 spiro atoms. The topological polar surface area (TPSA) is 72.3 Å². The van der Waals surface area contributed by atoms with Gasteiger partial charge in [0.2, 0.25) is 5.88 Å². The van der Waals surface area contributed by atoms with Gasteiger partial charge in [-0.25, -0.2) is 4.79 Å². The number of aryl methyl sites for hydroxylation is 1. The van der Waals surface area contributed by atoms with Gasteiger partial charge in [0.1, 0.15) is 5.56 Å². The van der Waals surface area contributed by atoms with Crippen molar-refractivity contribution in [2.45, 2.75) is 33.8 Å². The number of carboxylic acids is 1. The Balaban J connectivity index is 3.27. The van der Waals surface area contributed by atoms with E-state index in [0.29, 0.717) is 11.3 Å². The second-order valence-electron chi connectivity index (χ2n) is 3.56. The van der Waals surface area contributed by atoms with Gasteiger partial charge in [-0.05, 0) is 33.3 Å². The van der Waals surface area contributed by atoms with Gasteiger partial charge in [-0.1, -0.05) is 0 Å². The zero-order chi connectivity index (χ0) is 11.6. The average Bonchev–Trinajstić information content (AvgIpc) is 2.10. The fourth-order valence-electron chi connectivity index (χ4n) is 1.14. The van der Waals surface area contributed by atoms with Gasteiger partial charge in [-0.3, -0.25) is 0 Å². The third kappa shape index (κ3) is 2.43. The van der Waals surface area contributed by atoms with E-state index in [1.807, 2.05) is 13.8 Å². The number of hydrogen-bond donors (Lipinski definition) is 1. The van der Waals surface area contributed by atoms with Gasteiger partial charge in [0.05, 0.1) is 11.8 Å². The van der Waals surface area contributed by atoms with E-state index in [2.05, 4.69) is 10.2 Å². The number of carboxylic acid groups (broad SMARTS) is 1. The van der Waals surface area contributed by atoms with Crippen LogP contribution in [0.3, 0.4) is 0 Å². The number of carbonyl (C=O) groups is 1. The normalized spacial score (nSPS) is 10.5. The van der Waals surface area contributed by atoms with Crippen molar-refractivity contribution >= 4 is 5.97 Å². The molecule has 0 saturated carbocycles. The van der Waals surface area contributed by atoms with Crippen LogP contribution in [0.25, 0.3) is 0 Å². The smallest absolute Gasteiger partial charge is 0.341 e. The van der Waals surface area contributed by atoms with Gasteiger partial charge in [-0.15, -0.1) is 5.10 Å². The van der Waals surface area contributed by atoms with Crippen LogP contribution in [0.15, 0.2) is 0 Å². The molecule has 0 aliphatic carbocycles. The summed E-state index contributed by atoms with van der Waals surface area (Å²) in [6.45, 7) is 7.03. The average molecular weight is 210 g/mol. The lowest BCUT2D eigenvalue weighted by Crippen LogP contribution is -2.14. The molecule has 0 aliphatic rings. The molecule has 0 unspecified atom stereocenters. The Bertz CT molecular complexity index is 388. The number of aromatic carboxylic acids is 1. The van der Waals surface area contributed by atoms with Crippen LogP contribution in [0, 0.1) is 13.8 Å². The Morgan fingerprint density at radius 1 is 1.33 bits per heavy atom. The molecule has 5 nitrogen and oxygen atoms in total. The first-order valence-electron chi connectivity index (χ1n) is 4.67. The monoisotopic (exact) mass is 210 g/mol. The van der Waals surface area contributed by atoms with Crippen LogP contribution in [-0.2, 0) is 0 Å². The molecule has 1 heterocycles. The molecule has 0 amide bonds. The SMILES string of the molecule is Cc1nnc(OC(C)C)c(C(=O)O)c1C. The van der Waals surface area contributed by atoms with E-state index in [9.17, 15) is 4.79 Å². The van der Waals surface area contributed by atoms with Crippen LogP contribution in [0.4, 0.5) is 0 Å². The standard InChI is InChI=1S/C10H14N2O3/c1-5(2)15-9-8(10(13)14)6(3)7(4)11-12-9/h5H,1-4H3,(H,13,14). The van der Waals surface area contributed by atoms with Gasteiger partial charge in [0.25, 0.3) is 0 Å². The number of hydrogen-bond acceptors (Lipinski definition) is 4. The summed E-state index contributed by atoms with van der Waals surface area (Å²) in [4.78, 5) is 11.0. The van der Waals surface area contributed by atoms with E-state index >= 15 is 0 Å². The van der Waals surface area contributed by atoms with Crippen LogP contribution in [0.2, 0.25) is 0 Å². The highest BCUT2D eigenvalue weighted by Gasteiger charge is 2.19. The van der Waals surface area contributed by atoms with Crippen molar-refractivity contribution in [3.63, 3.8) is 0 Å². The van der Waals surface area contributed by atoms with Crippen molar-refractivity contribution in [1.82, 2.24) is 10.2 Å². The van der Waals surface area contributed by atoms with Gasteiger partial charge < -0.3 is 9.84 Å². The number of aromatic nitrogens is 2. The summed E-state index contributed by atoms with van der Waals surface area (Å²) in [5.74, 6) is -0.957. The summed E-state index contributed by atoms with van der Waals surface area (Å²) in [6.07, 6.45) is -0.125. The molecule has 1 N–H and O–H groups in total. The molecule has 0 bridgehead atoms. The lowest BCUT2D eigenvalue weighted by molar-refractivity contribution is 0.0687. The van der Waals surface area contributed by atoms with Gasteiger partial charge in [-0.2, -0.15) is 5.10 Å². The van der Waals surface area contributed by atoms with Crippen molar-refractivity contribution in [3.8, 4) is 5.88 Å². The second-order valence-corrected chi connectivity index (χ2v) is 3.56. The molecule has 0 aliphatic heterocycles. The Labute approximate surface area is 88.1 Å². The molecule has 0 saturated heterocycles. The molecule has 0 radical (unpaired) electrons. The molecule has 5 heteroatoms. The zero-order valence-electron chi connectivity index (χ0n) is 9.24. The first kappa shape index (κ1) is 11.4. The summed E-state index contributed by atoms with van der Waals surface area (Å²) in [5.41, 5.74) is 1.29. The highest BCUT2D eigenvalue weighted by atomic mass is 16.5. The predicted octanol–water partition coefficient (Wildman–Crippen LogP) is 1.58. The first-order chi connectivity index (χ1) is 6.93. The van der Waals surface area contributed by atoms with Crippen molar-refractivity contribution in [3.05, 3.63) is 16.8 Å². The maximum atomic E-state index is 11.0. The first-order valence-corrected chi connectivity index (χ1v) is 4.67. The third-order valence-electron chi connectivity index (χ3n) is 1.98. The number of nitrogens with zero attached hydrogens (tertiary/aromatic N) is 2. The van der Waals surface area contributed by atoms with E-state index in [1.165, 1.54) is 0 Å². The summed E-state index contributed by atoms with van der Waals surface area (Å²) in [6, 6.07) is 0. The van der Waals surface area contributed by atoms with Crippen LogP contribution < -0.4 is 4.74 Å². The minimum Gasteiger partial charge on any atom is -0.477 e. The van der Waals surface area contributed by atoms with E-state index in [0.717, 1.165) is 0 Å². The minimum absolute atomic E-state index is 0.0839. The summed E-state index contributed by atoms with van der Waals surface area (Å²) in [7, 11) is 0. The highest BCUT2D eigenvalue weighted by molar-refractivity contribution is 5.91. The van der Waals surface area contributed by atoms with Crippen molar-refractivity contribution < 1.29 is 14.6 Å². The van der Waals surface area contributed by atoms with Crippen molar-refractivity contribution in [1.29, 1.82) is 0 Å². The van der Waals surface area contributed by atoms with E-state index < -0.39 is 5.97 Å². The number of ether oxygens (including phenoxy) is 1.